The molecule has 1 heterocycles. The summed E-state index contributed by atoms with van der Waals surface area (Å²) < 4.78 is 0. The van der Waals surface area contributed by atoms with E-state index in [0.717, 1.165) is 11.3 Å². The van der Waals surface area contributed by atoms with E-state index < -0.39 is 5.91 Å². The van der Waals surface area contributed by atoms with Crippen molar-refractivity contribution in [3.63, 3.8) is 0 Å². The van der Waals surface area contributed by atoms with Gasteiger partial charge in [-0.15, -0.1) is 0 Å². The minimum atomic E-state index is -0.394. The number of fused-ring (bicyclic) bond motifs is 5. The fourth-order valence-electron chi connectivity index (χ4n) is 4.03. The Bertz CT molecular complexity index is 715. The van der Waals surface area contributed by atoms with Crippen molar-refractivity contribution in [2.24, 2.45) is 23.7 Å². The SMILES string of the molecule is O=C(CN1C(=O)[C@@H]2[C@H](C1=O)[C@@H]1C=C[C@H]2C1)Nc1cccc(Cl)c1. The lowest BCUT2D eigenvalue weighted by Gasteiger charge is -2.16. The summed E-state index contributed by atoms with van der Waals surface area (Å²) in [5, 5.41) is 3.18. The molecule has 0 aromatic heterocycles. The van der Waals surface area contributed by atoms with Gasteiger partial charge in [-0.3, -0.25) is 19.3 Å². The Hall–Kier alpha value is -2.14. The number of nitrogens with one attached hydrogen (secondary N) is 1. The second-order valence-corrected chi connectivity index (χ2v) is 6.76. The van der Waals surface area contributed by atoms with Crippen molar-refractivity contribution >= 4 is 35.0 Å². The van der Waals surface area contributed by atoms with Crippen LogP contribution in [-0.4, -0.2) is 29.2 Å². The summed E-state index contributed by atoms with van der Waals surface area (Å²) >= 11 is 5.87. The number of carbonyl (C=O) groups excluding carboxylic acids is 3. The first kappa shape index (κ1) is 14.5. The van der Waals surface area contributed by atoms with Gasteiger partial charge >= 0.3 is 0 Å². The molecule has 118 valence electrons. The van der Waals surface area contributed by atoms with Crippen molar-refractivity contribution in [3.05, 3.63) is 41.4 Å². The van der Waals surface area contributed by atoms with Crippen LogP contribution in [0.4, 0.5) is 5.69 Å². The molecule has 5 nitrogen and oxygen atoms in total. The quantitative estimate of drug-likeness (QED) is 0.681. The maximum atomic E-state index is 12.5. The Balaban J connectivity index is 1.46. The minimum Gasteiger partial charge on any atom is -0.324 e. The highest BCUT2D eigenvalue weighted by Crippen LogP contribution is 2.52. The zero-order valence-corrected chi connectivity index (χ0v) is 13.0. The zero-order chi connectivity index (χ0) is 16.1. The van der Waals surface area contributed by atoms with Crippen LogP contribution in [0.15, 0.2) is 36.4 Å². The summed E-state index contributed by atoms with van der Waals surface area (Å²) in [7, 11) is 0. The van der Waals surface area contributed by atoms with Gasteiger partial charge in [-0.05, 0) is 36.5 Å². The van der Waals surface area contributed by atoms with E-state index in [4.69, 9.17) is 11.6 Å². The van der Waals surface area contributed by atoms with Gasteiger partial charge in [-0.1, -0.05) is 29.8 Å². The maximum absolute atomic E-state index is 12.5. The predicted octanol–water partition coefficient (Wildman–Crippen LogP) is 2.09. The van der Waals surface area contributed by atoms with Gasteiger partial charge < -0.3 is 5.32 Å². The summed E-state index contributed by atoms with van der Waals surface area (Å²) in [6.45, 7) is -0.239. The molecule has 1 saturated heterocycles. The Morgan fingerprint density at radius 2 is 1.83 bits per heavy atom. The van der Waals surface area contributed by atoms with Crippen molar-refractivity contribution in [3.8, 4) is 0 Å². The van der Waals surface area contributed by atoms with Crippen molar-refractivity contribution in [1.82, 2.24) is 4.90 Å². The van der Waals surface area contributed by atoms with Gasteiger partial charge in [0.15, 0.2) is 0 Å². The lowest BCUT2D eigenvalue weighted by molar-refractivity contribution is -0.143. The number of hydrogen-bond acceptors (Lipinski definition) is 3. The van der Waals surface area contributed by atoms with E-state index in [0.29, 0.717) is 10.7 Å². The highest BCUT2D eigenvalue weighted by molar-refractivity contribution is 6.30. The number of halogens is 1. The molecule has 4 rings (SSSR count). The number of imide groups is 1. The molecule has 1 aromatic rings. The summed E-state index contributed by atoms with van der Waals surface area (Å²) in [6, 6.07) is 6.74. The van der Waals surface area contributed by atoms with Crippen LogP contribution in [0, 0.1) is 23.7 Å². The highest BCUT2D eigenvalue weighted by atomic mass is 35.5. The van der Waals surface area contributed by atoms with E-state index in [-0.39, 0.29) is 42.0 Å². The number of likely N-dealkylation sites (tertiary alicyclic amines) is 1. The summed E-state index contributed by atoms with van der Waals surface area (Å²) in [5.74, 6) is -1.04. The monoisotopic (exact) mass is 330 g/mol. The number of hydrogen-bond donors (Lipinski definition) is 1. The molecule has 2 aliphatic carbocycles. The number of rotatable bonds is 3. The van der Waals surface area contributed by atoms with Crippen LogP contribution in [0.3, 0.4) is 0 Å². The largest absolute Gasteiger partial charge is 0.324 e. The summed E-state index contributed by atoms with van der Waals surface area (Å²) in [6.07, 6.45) is 4.95. The van der Waals surface area contributed by atoms with Crippen LogP contribution in [-0.2, 0) is 14.4 Å². The first-order valence-electron chi connectivity index (χ1n) is 7.63. The van der Waals surface area contributed by atoms with Crippen molar-refractivity contribution in [2.75, 3.05) is 11.9 Å². The second-order valence-electron chi connectivity index (χ2n) is 6.32. The van der Waals surface area contributed by atoms with Gasteiger partial charge in [0.25, 0.3) is 0 Å². The maximum Gasteiger partial charge on any atom is 0.244 e. The molecule has 0 spiro atoms. The number of carbonyl (C=O) groups is 3. The van der Waals surface area contributed by atoms with Crippen molar-refractivity contribution < 1.29 is 14.4 Å². The van der Waals surface area contributed by atoms with Crippen LogP contribution >= 0.6 is 11.6 Å². The van der Waals surface area contributed by atoms with Crippen LogP contribution in [0.25, 0.3) is 0 Å². The van der Waals surface area contributed by atoms with Crippen molar-refractivity contribution in [1.29, 1.82) is 0 Å². The van der Waals surface area contributed by atoms with Gasteiger partial charge in [0.05, 0.1) is 11.8 Å². The topological polar surface area (TPSA) is 66.5 Å². The van der Waals surface area contributed by atoms with Gasteiger partial charge in [-0.25, -0.2) is 0 Å². The third-order valence-corrected chi connectivity index (χ3v) is 5.21. The molecular weight excluding hydrogens is 316 g/mol. The average molecular weight is 331 g/mol. The molecule has 1 aromatic carbocycles. The molecule has 3 aliphatic rings. The molecule has 6 heteroatoms. The van der Waals surface area contributed by atoms with Crippen LogP contribution in [0.2, 0.25) is 5.02 Å². The fraction of sp³-hybridized carbons (Fsp3) is 0.353. The standard InChI is InChI=1S/C17H15ClN2O3/c18-11-2-1-3-12(7-11)19-13(21)8-20-16(22)14-9-4-5-10(6-9)15(14)17(20)23/h1-5,7,9-10,14-15H,6,8H2,(H,19,21)/t9-,10+,14-,15+. The molecule has 23 heavy (non-hydrogen) atoms. The van der Waals surface area contributed by atoms with Gasteiger partial charge in [0.2, 0.25) is 17.7 Å². The second kappa shape index (κ2) is 5.20. The molecule has 2 fully saturated rings. The van der Waals surface area contributed by atoms with Crippen LogP contribution < -0.4 is 5.32 Å². The van der Waals surface area contributed by atoms with Crippen LogP contribution in [0.1, 0.15) is 6.42 Å². The highest BCUT2D eigenvalue weighted by Gasteiger charge is 2.59. The Kier molecular flexibility index (Phi) is 3.27. The smallest absolute Gasteiger partial charge is 0.244 e. The average Bonchev–Trinajstić information content (AvgIpc) is 3.17. The molecule has 0 radical (unpaired) electrons. The van der Waals surface area contributed by atoms with Gasteiger partial charge in [0, 0.05) is 10.7 Å². The Labute approximate surface area is 138 Å². The molecule has 0 unspecified atom stereocenters. The normalized spacial score (nSPS) is 30.9. The summed E-state index contributed by atoms with van der Waals surface area (Å²) in [4.78, 5) is 38.3. The zero-order valence-electron chi connectivity index (χ0n) is 12.2. The lowest BCUT2D eigenvalue weighted by Crippen LogP contribution is -2.39. The number of nitrogens with zero attached hydrogens (tertiary/aromatic N) is 1. The van der Waals surface area contributed by atoms with Crippen LogP contribution in [0.5, 0.6) is 0 Å². The van der Waals surface area contributed by atoms with Gasteiger partial charge in [0.1, 0.15) is 6.54 Å². The number of amides is 3. The van der Waals surface area contributed by atoms with E-state index in [1.165, 1.54) is 0 Å². The van der Waals surface area contributed by atoms with Gasteiger partial charge in [-0.2, -0.15) is 0 Å². The van der Waals surface area contributed by atoms with E-state index in [1.807, 2.05) is 12.2 Å². The van der Waals surface area contributed by atoms with E-state index in [9.17, 15) is 14.4 Å². The van der Waals surface area contributed by atoms with E-state index in [1.54, 1.807) is 24.3 Å². The van der Waals surface area contributed by atoms with E-state index in [2.05, 4.69) is 5.32 Å². The Morgan fingerprint density at radius 1 is 1.17 bits per heavy atom. The number of benzene rings is 1. The third-order valence-electron chi connectivity index (χ3n) is 4.97. The molecule has 1 aliphatic heterocycles. The lowest BCUT2D eigenvalue weighted by atomic mass is 9.85. The predicted molar refractivity (Wildman–Crippen MR) is 84.5 cm³/mol. The molecular formula is C17H15ClN2O3. The summed E-state index contributed by atoms with van der Waals surface area (Å²) in [5.41, 5.74) is 0.545. The molecule has 1 N–H and O–H groups in total. The first-order valence-corrected chi connectivity index (χ1v) is 8.01. The minimum absolute atomic E-state index is 0.155. The fourth-order valence-corrected chi connectivity index (χ4v) is 4.22. The molecule has 2 bridgehead atoms. The molecule has 4 atom stereocenters. The molecule has 3 amide bonds. The molecule has 1 saturated carbocycles. The third kappa shape index (κ3) is 2.27. The van der Waals surface area contributed by atoms with Crippen molar-refractivity contribution in [2.45, 2.75) is 6.42 Å². The number of allylic oxidation sites excluding steroid dienone is 2. The first-order chi connectivity index (χ1) is 11.0. The van der Waals surface area contributed by atoms with E-state index >= 15 is 0 Å². The number of anilines is 1. The Morgan fingerprint density at radius 3 is 2.43 bits per heavy atom.